The van der Waals surface area contributed by atoms with Crippen LogP contribution in [0, 0.1) is 5.41 Å². The number of hydrogen-bond acceptors (Lipinski definition) is 15. The molecule has 43 heavy (non-hydrogen) atoms. The Hall–Kier alpha value is -4.44. The molecule has 2 amide bonds. The van der Waals surface area contributed by atoms with Crippen LogP contribution in [0.5, 0.6) is 5.75 Å². The van der Waals surface area contributed by atoms with E-state index in [0.29, 0.717) is 22.2 Å². The molecule has 21 heteroatoms. The van der Waals surface area contributed by atoms with E-state index in [4.69, 9.17) is 25.3 Å². The van der Waals surface area contributed by atoms with Crippen LogP contribution < -0.4 is 26.4 Å². The fourth-order valence-electron chi connectivity index (χ4n) is 3.77. The van der Waals surface area contributed by atoms with E-state index < -0.39 is 58.2 Å². The lowest BCUT2D eigenvalue weighted by molar-refractivity contribution is -0.218. The van der Waals surface area contributed by atoms with Gasteiger partial charge in [0.05, 0.1) is 11.6 Å². The van der Waals surface area contributed by atoms with Gasteiger partial charge in [0.1, 0.15) is 24.2 Å². The summed E-state index contributed by atoms with van der Waals surface area (Å²) in [6.45, 7) is 3.66. The minimum Gasteiger partial charge on any atom is -0.489 e. The number of benzene rings is 1. The van der Waals surface area contributed by atoms with Gasteiger partial charge in [-0.25, -0.2) is 4.79 Å². The summed E-state index contributed by atoms with van der Waals surface area (Å²) < 4.78 is 44.6. The Balaban J connectivity index is 1.43. The summed E-state index contributed by atoms with van der Waals surface area (Å²) in [4.78, 5) is 46.3. The molecule has 0 saturated carbocycles. The Morgan fingerprint density at radius 3 is 2.49 bits per heavy atom. The van der Waals surface area contributed by atoms with Gasteiger partial charge in [-0.1, -0.05) is 5.16 Å². The second kappa shape index (κ2) is 12.4. The number of ether oxygens (including phenoxy) is 1. The van der Waals surface area contributed by atoms with E-state index in [9.17, 15) is 27.9 Å². The fourth-order valence-corrected chi connectivity index (χ4v) is 4.65. The highest BCUT2D eigenvalue weighted by atomic mass is 32.3. The molecule has 3 heterocycles. The summed E-state index contributed by atoms with van der Waals surface area (Å²) in [5.41, 5.74) is 4.11. The van der Waals surface area contributed by atoms with E-state index >= 15 is 0 Å². The van der Waals surface area contributed by atoms with E-state index in [1.54, 1.807) is 24.3 Å². The van der Waals surface area contributed by atoms with Crippen LogP contribution in [0.1, 0.15) is 25.2 Å². The number of aromatic nitrogens is 2. The van der Waals surface area contributed by atoms with Crippen LogP contribution in [-0.4, -0.2) is 105 Å². The number of β-lactam (4-membered cyclic amide) rings is 1. The van der Waals surface area contributed by atoms with Crippen LogP contribution in [-0.2, 0) is 33.9 Å². The number of anilines is 1. The van der Waals surface area contributed by atoms with Gasteiger partial charge >= 0.3 is 16.4 Å². The van der Waals surface area contributed by atoms with Crippen molar-refractivity contribution in [2.75, 3.05) is 25.4 Å². The SMILES string of the molecule is CC1(C)C(NC(=O)C(=NOC(COc2ccc(C(=N)NC3CNC3)cc2)C(=O)O)c2nsc(N)n2)C(=O)N1OS(=O)(=O)O. The van der Waals surface area contributed by atoms with Crippen molar-refractivity contribution in [3.05, 3.63) is 35.7 Å². The van der Waals surface area contributed by atoms with Crippen molar-refractivity contribution in [1.29, 1.82) is 5.41 Å². The smallest absolute Gasteiger partial charge is 0.418 e. The van der Waals surface area contributed by atoms with Gasteiger partial charge in [-0.2, -0.15) is 22.8 Å². The van der Waals surface area contributed by atoms with E-state index in [1.165, 1.54) is 13.8 Å². The number of aliphatic carboxylic acids is 1. The second-order valence-electron chi connectivity index (χ2n) is 9.73. The predicted octanol–water partition coefficient (Wildman–Crippen LogP) is -1.90. The number of amides is 2. The molecule has 0 spiro atoms. The molecule has 2 saturated heterocycles. The van der Waals surface area contributed by atoms with Gasteiger partial charge in [0.2, 0.25) is 11.5 Å². The lowest BCUT2D eigenvalue weighted by atomic mass is 9.84. The summed E-state index contributed by atoms with van der Waals surface area (Å²) >= 11 is 0.702. The first-order valence-electron chi connectivity index (χ1n) is 12.3. The zero-order chi connectivity index (χ0) is 31.5. The first-order chi connectivity index (χ1) is 20.2. The Labute approximate surface area is 248 Å². The van der Waals surface area contributed by atoms with Gasteiger partial charge in [-0.15, -0.1) is 4.28 Å². The highest BCUT2D eigenvalue weighted by molar-refractivity contribution is 7.80. The molecule has 232 valence electrons. The minimum absolute atomic E-state index is 0.0579. The normalized spacial score (nSPS) is 19.0. The van der Waals surface area contributed by atoms with Gasteiger partial charge in [0, 0.05) is 30.2 Å². The molecular weight excluding hydrogens is 614 g/mol. The topological polar surface area (TPSA) is 281 Å². The highest BCUT2D eigenvalue weighted by Crippen LogP contribution is 2.32. The monoisotopic (exact) mass is 641 g/mol. The van der Waals surface area contributed by atoms with Crippen molar-refractivity contribution in [2.45, 2.75) is 37.6 Å². The standard InChI is InChI=1S/C22H27N9O10S2/c1-22(2)15(19(33)31(22)41-43(36,37)38)27-18(32)14(17-28-21(24)42-30-17)29-40-13(20(34)35)9-39-12-5-3-10(4-6-12)16(23)26-11-7-25-8-11/h3-6,11,13,15,25H,7-9H2,1-2H3,(H2,23,26)(H,27,32)(H,34,35)(H2,24,28,30)(H,36,37,38). The van der Waals surface area contributed by atoms with Crippen molar-refractivity contribution in [3.8, 4) is 5.75 Å². The van der Waals surface area contributed by atoms with Crippen molar-refractivity contribution in [3.63, 3.8) is 0 Å². The second-order valence-corrected chi connectivity index (χ2v) is 11.5. The molecule has 2 fully saturated rings. The molecule has 1 aromatic carbocycles. The van der Waals surface area contributed by atoms with Gasteiger partial charge in [0.25, 0.3) is 17.9 Å². The molecule has 0 radical (unpaired) electrons. The number of nitrogen functional groups attached to an aromatic ring is 1. The average molecular weight is 642 g/mol. The largest absolute Gasteiger partial charge is 0.489 e. The zero-order valence-corrected chi connectivity index (χ0v) is 24.1. The number of hydrogen-bond donors (Lipinski definition) is 7. The van der Waals surface area contributed by atoms with E-state index in [-0.39, 0.29) is 28.6 Å². The first-order valence-corrected chi connectivity index (χ1v) is 14.5. The number of carbonyl (C=O) groups excluding carboxylic acids is 2. The van der Waals surface area contributed by atoms with Crippen molar-refractivity contribution in [1.82, 2.24) is 30.4 Å². The van der Waals surface area contributed by atoms with Gasteiger partial charge in [-0.05, 0) is 38.1 Å². The molecule has 2 aromatic rings. The molecule has 1 aromatic heterocycles. The summed E-state index contributed by atoms with van der Waals surface area (Å²) in [6, 6.07) is 5.15. The Kier molecular flexibility index (Phi) is 9.10. The predicted molar refractivity (Wildman–Crippen MR) is 147 cm³/mol. The third kappa shape index (κ3) is 7.50. The van der Waals surface area contributed by atoms with Gasteiger partial charge < -0.3 is 36.4 Å². The fraction of sp³-hybridized carbons (Fsp3) is 0.409. The Morgan fingerprint density at radius 2 is 1.98 bits per heavy atom. The third-order valence-corrected chi connectivity index (χ3v) is 7.09. The third-order valence-electron chi connectivity index (χ3n) is 6.21. The van der Waals surface area contributed by atoms with Gasteiger partial charge in [-0.3, -0.25) is 19.6 Å². The van der Waals surface area contributed by atoms with Crippen LogP contribution in [0.15, 0.2) is 29.4 Å². The summed E-state index contributed by atoms with van der Waals surface area (Å²) in [5.74, 6) is -3.44. The van der Waals surface area contributed by atoms with Gasteiger partial charge in [0.15, 0.2) is 5.13 Å². The Morgan fingerprint density at radius 1 is 1.30 bits per heavy atom. The maximum Gasteiger partial charge on any atom is 0.418 e. The minimum atomic E-state index is -5.02. The van der Waals surface area contributed by atoms with Crippen LogP contribution in [0.3, 0.4) is 0 Å². The summed E-state index contributed by atoms with van der Waals surface area (Å²) in [7, 11) is -5.02. The molecule has 0 aliphatic carbocycles. The molecular formula is C22H27N9O10S2. The highest BCUT2D eigenvalue weighted by Gasteiger charge is 2.58. The van der Waals surface area contributed by atoms with Crippen LogP contribution >= 0.6 is 11.5 Å². The molecule has 2 unspecified atom stereocenters. The number of oxime groups is 1. The molecule has 8 N–H and O–H groups in total. The molecule has 2 aliphatic heterocycles. The van der Waals surface area contributed by atoms with Crippen LogP contribution in [0.25, 0.3) is 0 Å². The maximum absolute atomic E-state index is 13.1. The number of carboxylic acids is 1. The maximum atomic E-state index is 13.1. The molecule has 2 atom stereocenters. The number of amidine groups is 1. The van der Waals surface area contributed by atoms with Crippen LogP contribution in [0.4, 0.5) is 5.13 Å². The molecule has 0 bridgehead atoms. The Bertz CT molecular complexity index is 1540. The lowest BCUT2D eigenvalue weighted by Gasteiger charge is -2.50. The number of nitrogens with one attached hydrogen (secondary N) is 4. The number of nitrogens with zero attached hydrogens (tertiary/aromatic N) is 4. The van der Waals surface area contributed by atoms with Crippen molar-refractivity contribution in [2.24, 2.45) is 5.16 Å². The first kappa shape index (κ1) is 31.5. The molecule has 2 aliphatic rings. The number of carboxylic acid groups (broad SMARTS) is 1. The number of carbonyl (C=O) groups is 3. The van der Waals surface area contributed by atoms with Crippen molar-refractivity contribution >= 4 is 56.4 Å². The van der Waals surface area contributed by atoms with Crippen molar-refractivity contribution < 1.29 is 46.3 Å². The van der Waals surface area contributed by atoms with Crippen LogP contribution in [0.2, 0.25) is 0 Å². The van der Waals surface area contributed by atoms with E-state index in [0.717, 1.165) is 13.1 Å². The van der Waals surface area contributed by atoms with E-state index in [1.807, 2.05) is 0 Å². The molecule has 4 rings (SSSR count). The summed E-state index contributed by atoms with van der Waals surface area (Å²) in [5, 5.41) is 30.1. The number of rotatable bonds is 13. The lowest BCUT2D eigenvalue weighted by Crippen LogP contribution is -2.76. The zero-order valence-electron chi connectivity index (χ0n) is 22.5. The number of nitrogens with two attached hydrogens (primary N) is 1. The quantitative estimate of drug-likeness (QED) is 0.0413. The number of hydroxylamine groups is 2. The van der Waals surface area contributed by atoms with E-state index in [2.05, 4.69) is 34.7 Å². The average Bonchev–Trinajstić information content (AvgIpc) is 3.34. The molecule has 19 nitrogen and oxygen atoms in total. The summed E-state index contributed by atoms with van der Waals surface area (Å²) in [6.07, 6.45) is -1.72.